The molecule has 0 aliphatic carbocycles. The number of nitrogens with one attached hydrogen (secondary N) is 2. The molecule has 212 valence electrons. The predicted octanol–water partition coefficient (Wildman–Crippen LogP) is 4.79. The first-order valence-electron chi connectivity index (χ1n) is 11.8. The van der Waals surface area contributed by atoms with Crippen LogP contribution in [0, 0.1) is 0 Å². The van der Waals surface area contributed by atoms with E-state index in [0.29, 0.717) is 37.0 Å². The molecule has 0 spiro atoms. The van der Waals surface area contributed by atoms with Crippen molar-refractivity contribution in [2.45, 2.75) is 11.1 Å². The van der Waals surface area contributed by atoms with E-state index in [1.165, 1.54) is 48.5 Å². The summed E-state index contributed by atoms with van der Waals surface area (Å²) >= 11 is 5.81. The van der Waals surface area contributed by atoms with Crippen LogP contribution in [0.15, 0.2) is 71.6 Å². The van der Waals surface area contributed by atoms with E-state index in [1.54, 1.807) is 4.90 Å². The summed E-state index contributed by atoms with van der Waals surface area (Å²) in [7, 11) is -4.07. The van der Waals surface area contributed by atoms with E-state index in [-0.39, 0.29) is 21.8 Å². The largest absolute Gasteiger partial charge is 0.452 e. The Morgan fingerprint density at radius 3 is 2.38 bits per heavy atom. The van der Waals surface area contributed by atoms with Crippen molar-refractivity contribution in [3.05, 3.63) is 82.9 Å². The van der Waals surface area contributed by atoms with Gasteiger partial charge in [-0.15, -0.1) is 0 Å². The number of ether oxygens (including phenoxy) is 2. The first kappa shape index (κ1) is 29.2. The Morgan fingerprint density at radius 2 is 1.70 bits per heavy atom. The molecule has 1 aliphatic rings. The number of anilines is 3. The van der Waals surface area contributed by atoms with Gasteiger partial charge < -0.3 is 19.7 Å². The maximum absolute atomic E-state index is 13.3. The van der Waals surface area contributed by atoms with Gasteiger partial charge in [-0.2, -0.15) is 13.2 Å². The molecule has 9 nitrogen and oxygen atoms in total. The van der Waals surface area contributed by atoms with Crippen LogP contribution in [0.4, 0.5) is 30.2 Å². The Kier molecular flexibility index (Phi) is 8.86. The van der Waals surface area contributed by atoms with E-state index in [1.807, 2.05) is 0 Å². The van der Waals surface area contributed by atoms with Crippen LogP contribution in [0.5, 0.6) is 0 Å². The van der Waals surface area contributed by atoms with Crippen molar-refractivity contribution < 1.29 is 40.7 Å². The van der Waals surface area contributed by atoms with Gasteiger partial charge in [-0.25, -0.2) is 13.2 Å². The van der Waals surface area contributed by atoms with Crippen molar-refractivity contribution >= 4 is 50.6 Å². The van der Waals surface area contributed by atoms with Crippen LogP contribution < -0.4 is 14.9 Å². The number of nitrogens with zero attached hydrogens (tertiary/aromatic N) is 1. The fourth-order valence-corrected chi connectivity index (χ4v) is 5.05. The third-order valence-electron chi connectivity index (χ3n) is 5.76. The Labute approximate surface area is 232 Å². The normalized spacial score (nSPS) is 13.9. The van der Waals surface area contributed by atoms with Crippen LogP contribution in [0.1, 0.15) is 15.9 Å². The van der Waals surface area contributed by atoms with Gasteiger partial charge in [0.15, 0.2) is 6.61 Å². The van der Waals surface area contributed by atoms with Gasteiger partial charge in [0.25, 0.3) is 15.9 Å². The number of halogens is 4. The highest BCUT2D eigenvalue weighted by Gasteiger charge is 2.32. The first-order chi connectivity index (χ1) is 18.9. The number of carbonyl (C=O) groups excluding carboxylic acids is 2. The number of rotatable bonds is 8. The molecule has 2 N–H and O–H groups in total. The Balaban J connectivity index is 1.43. The summed E-state index contributed by atoms with van der Waals surface area (Å²) in [6, 6.07) is 13.9. The molecule has 0 aromatic heterocycles. The van der Waals surface area contributed by atoms with Crippen LogP contribution in [0.3, 0.4) is 0 Å². The molecule has 1 aliphatic heterocycles. The van der Waals surface area contributed by atoms with Crippen molar-refractivity contribution in [1.82, 2.24) is 0 Å². The summed E-state index contributed by atoms with van der Waals surface area (Å²) in [5, 5.41) is 2.80. The lowest BCUT2D eigenvalue weighted by Gasteiger charge is -2.31. The highest BCUT2D eigenvalue weighted by atomic mass is 35.5. The van der Waals surface area contributed by atoms with Crippen molar-refractivity contribution in [3.63, 3.8) is 0 Å². The summed E-state index contributed by atoms with van der Waals surface area (Å²) in [5.41, 5.74) is -0.594. The van der Waals surface area contributed by atoms with Crippen molar-refractivity contribution in [2.24, 2.45) is 0 Å². The number of hydrogen-bond acceptors (Lipinski definition) is 7. The minimum absolute atomic E-state index is 0.0980. The smallest absolute Gasteiger partial charge is 0.416 e. The third-order valence-corrected chi connectivity index (χ3v) is 7.39. The Bertz CT molecular complexity index is 1490. The van der Waals surface area contributed by atoms with Crippen molar-refractivity contribution in [1.29, 1.82) is 0 Å². The van der Waals surface area contributed by atoms with Gasteiger partial charge in [-0.3, -0.25) is 9.52 Å². The van der Waals surface area contributed by atoms with Gasteiger partial charge in [-0.1, -0.05) is 17.7 Å². The molecule has 1 fully saturated rings. The predicted molar refractivity (Wildman–Crippen MR) is 142 cm³/mol. The quantitative estimate of drug-likeness (QED) is 0.359. The molecule has 40 heavy (non-hydrogen) atoms. The monoisotopic (exact) mass is 597 g/mol. The van der Waals surface area contributed by atoms with Crippen molar-refractivity contribution in [3.8, 4) is 0 Å². The number of morpholine rings is 1. The van der Waals surface area contributed by atoms with E-state index >= 15 is 0 Å². The fraction of sp³-hybridized carbons (Fsp3) is 0.231. The lowest BCUT2D eigenvalue weighted by Crippen LogP contribution is -2.37. The maximum Gasteiger partial charge on any atom is 0.416 e. The number of carbonyl (C=O) groups is 2. The van der Waals surface area contributed by atoms with E-state index in [9.17, 15) is 31.2 Å². The first-order valence-corrected chi connectivity index (χ1v) is 13.7. The van der Waals surface area contributed by atoms with E-state index < -0.39 is 40.2 Å². The number of sulfonamides is 1. The number of benzene rings is 3. The fourth-order valence-electron chi connectivity index (χ4n) is 3.82. The maximum atomic E-state index is 13.3. The summed E-state index contributed by atoms with van der Waals surface area (Å²) in [6.07, 6.45) is -4.64. The van der Waals surface area contributed by atoms with Gasteiger partial charge >= 0.3 is 12.1 Å². The zero-order valence-corrected chi connectivity index (χ0v) is 22.3. The minimum atomic E-state index is -4.64. The van der Waals surface area contributed by atoms with E-state index in [4.69, 9.17) is 21.1 Å². The Hall–Kier alpha value is -3.81. The molecule has 1 saturated heterocycles. The van der Waals surface area contributed by atoms with Crippen LogP contribution in [-0.4, -0.2) is 53.2 Å². The molecule has 0 radical (unpaired) electrons. The molecule has 0 atom stereocenters. The molecule has 3 aromatic rings. The van der Waals surface area contributed by atoms with Gasteiger partial charge in [-0.05, 0) is 60.7 Å². The number of alkyl halides is 3. The number of esters is 1. The zero-order chi connectivity index (χ0) is 28.9. The lowest BCUT2D eigenvalue weighted by molar-refractivity contribution is -0.137. The van der Waals surface area contributed by atoms with E-state index in [2.05, 4.69) is 10.0 Å². The molecule has 1 amide bonds. The average Bonchev–Trinajstić information content (AvgIpc) is 2.93. The average molecular weight is 598 g/mol. The summed E-state index contributed by atoms with van der Waals surface area (Å²) in [6.45, 7) is 0.744. The zero-order valence-electron chi connectivity index (χ0n) is 20.7. The molecule has 0 saturated carbocycles. The molecule has 1 heterocycles. The lowest BCUT2D eigenvalue weighted by atomic mass is 10.1. The second-order valence-electron chi connectivity index (χ2n) is 8.59. The third kappa shape index (κ3) is 7.43. The van der Waals surface area contributed by atoms with Crippen LogP contribution in [-0.2, 0) is 30.5 Å². The van der Waals surface area contributed by atoms with Crippen LogP contribution >= 0.6 is 11.6 Å². The molecule has 3 aromatic carbocycles. The number of amides is 1. The highest BCUT2D eigenvalue weighted by molar-refractivity contribution is 7.92. The second kappa shape index (κ2) is 12.1. The Morgan fingerprint density at radius 1 is 1.00 bits per heavy atom. The topological polar surface area (TPSA) is 114 Å². The van der Waals surface area contributed by atoms with Crippen molar-refractivity contribution in [2.75, 3.05) is 47.8 Å². The molecule has 4 rings (SSSR count). The van der Waals surface area contributed by atoms with Crippen LogP contribution in [0.25, 0.3) is 0 Å². The SMILES string of the molecule is O=C(COC(=O)c1cccc(S(=O)(=O)Nc2ccc(Cl)cc2)c1)Nc1cc(C(F)(F)F)ccc1N1CCOCC1. The van der Waals surface area contributed by atoms with Crippen LogP contribution in [0.2, 0.25) is 5.02 Å². The summed E-state index contributed by atoms with van der Waals surface area (Å²) in [4.78, 5) is 26.7. The summed E-state index contributed by atoms with van der Waals surface area (Å²) < 4.78 is 78.0. The highest BCUT2D eigenvalue weighted by Crippen LogP contribution is 2.35. The molecular formula is C26H23ClF3N3O6S. The standard InChI is InChI=1S/C26H23ClF3N3O6S/c27-19-5-7-20(8-6-19)32-40(36,37)21-3-1-2-17(14-21)25(35)39-16-24(34)31-22-15-18(26(28,29)30)4-9-23(22)33-10-12-38-13-11-33/h1-9,14-15,32H,10-13,16H2,(H,31,34). The van der Waals surface area contributed by atoms with Gasteiger partial charge in [0.1, 0.15) is 0 Å². The van der Waals surface area contributed by atoms with Gasteiger partial charge in [0.2, 0.25) is 0 Å². The minimum Gasteiger partial charge on any atom is -0.452 e. The molecule has 0 bridgehead atoms. The molecule has 14 heteroatoms. The van der Waals surface area contributed by atoms with Gasteiger partial charge in [0, 0.05) is 23.8 Å². The van der Waals surface area contributed by atoms with Gasteiger partial charge in [0.05, 0.1) is 40.6 Å². The summed E-state index contributed by atoms with van der Waals surface area (Å²) in [5.74, 6) is -1.88. The number of hydrogen-bond donors (Lipinski definition) is 2. The molecular weight excluding hydrogens is 575 g/mol. The second-order valence-corrected chi connectivity index (χ2v) is 10.7. The van der Waals surface area contributed by atoms with E-state index in [0.717, 1.165) is 18.2 Å². The molecule has 0 unspecified atom stereocenters.